The lowest BCUT2D eigenvalue weighted by molar-refractivity contribution is 0.185. The summed E-state index contributed by atoms with van der Waals surface area (Å²) >= 11 is 3.33. The van der Waals surface area contributed by atoms with Crippen molar-refractivity contribution in [1.82, 2.24) is 0 Å². The molecule has 2 aromatic carbocycles. The van der Waals surface area contributed by atoms with Crippen molar-refractivity contribution >= 4 is 31.6 Å². The first-order valence-electron chi connectivity index (χ1n) is 6.31. The van der Waals surface area contributed by atoms with Crippen LogP contribution in [0.3, 0.4) is 0 Å². The topological polar surface area (TPSA) is 55.4 Å². The zero-order valence-electron chi connectivity index (χ0n) is 11.5. The van der Waals surface area contributed by atoms with Gasteiger partial charge in [0.1, 0.15) is 0 Å². The number of rotatable bonds is 6. The fraction of sp³-hybridized carbons (Fsp3) is 0.200. The van der Waals surface area contributed by atoms with E-state index in [1.54, 1.807) is 49.6 Å². The van der Waals surface area contributed by atoms with Crippen LogP contribution in [-0.4, -0.2) is 15.5 Å². The molecule has 6 heteroatoms. The SMILES string of the molecule is COCc1cccc(NS(=O)(=O)c2ccc(CBr)cc2)c1. The third-order valence-electron chi connectivity index (χ3n) is 2.88. The molecule has 0 atom stereocenters. The number of halogens is 1. The predicted molar refractivity (Wildman–Crippen MR) is 87.0 cm³/mol. The first kappa shape index (κ1) is 16.0. The lowest BCUT2D eigenvalue weighted by Gasteiger charge is -2.10. The Kier molecular flexibility index (Phi) is 5.39. The van der Waals surface area contributed by atoms with Crippen LogP contribution in [0.5, 0.6) is 0 Å². The average Bonchev–Trinajstić information content (AvgIpc) is 2.47. The Balaban J connectivity index is 2.21. The summed E-state index contributed by atoms with van der Waals surface area (Å²) in [7, 11) is -1.98. The van der Waals surface area contributed by atoms with Gasteiger partial charge in [0.05, 0.1) is 11.5 Å². The first-order chi connectivity index (χ1) is 10.0. The monoisotopic (exact) mass is 369 g/mol. The van der Waals surface area contributed by atoms with Crippen LogP contribution < -0.4 is 4.72 Å². The number of nitrogens with one attached hydrogen (secondary N) is 1. The second kappa shape index (κ2) is 7.06. The molecule has 0 saturated heterocycles. The summed E-state index contributed by atoms with van der Waals surface area (Å²) in [5.41, 5.74) is 2.46. The molecule has 0 spiro atoms. The molecule has 112 valence electrons. The van der Waals surface area contributed by atoms with Crippen molar-refractivity contribution < 1.29 is 13.2 Å². The van der Waals surface area contributed by atoms with Crippen molar-refractivity contribution in [2.45, 2.75) is 16.8 Å². The molecule has 0 bridgehead atoms. The molecule has 0 radical (unpaired) electrons. The minimum atomic E-state index is -3.58. The minimum absolute atomic E-state index is 0.240. The average molecular weight is 370 g/mol. The van der Waals surface area contributed by atoms with Gasteiger partial charge in [0.25, 0.3) is 10.0 Å². The minimum Gasteiger partial charge on any atom is -0.380 e. The fourth-order valence-corrected chi connectivity index (χ4v) is 3.29. The molecule has 0 amide bonds. The molecular formula is C15H16BrNO3S. The van der Waals surface area contributed by atoms with E-state index in [2.05, 4.69) is 20.7 Å². The van der Waals surface area contributed by atoms with E-state index >= 15 is 0 Å². The van der Waals surface area contributed by atoms with Gasteiger partial charge in [-0.05, 0) is 35.4 Å². The molecule has 2 aromatic rings. The molecular weight excluding hydrogens is 354 g/mol. The lowest BCUT2D eigenvalue weighted by Crippen LogP contribution is -2.13. The van der Waals surface area contributed by atoms with Gasteiger partial charge in [0.2, 0.25) is 0 Å². The van der Waals surface area contributed by atoms with Crippen molar-refractivity contribution in [2.75, 3.05) is 11.8 Å². The number of anilines is 1. The number of hydrogen-bond donors (Lipinski definition) is 1. The molecule has 0 heterocycles. The van der Waals surface area contributed by atoms with E-state index in [-0.39, 0.29) is 4.90 Å². The largest absolute Gasteiger partial charge is 0.380 e. The van der Waals surface area contributed by atoms with Crippen molar-refractivity contribution in [2.24, 2.45) is 0 Å². The summed E-state index contributed by atoms with van der Waals surface area (Å²) in [6.45, 7) is 0.440. The number of sulfonamides is 1. The Morgan fingerprint density at radius 2 is 1.81 bits per heavy atom. The van der Waals surface area contributed by atoms with Crippen molar-refractivity contribution in [3.8, 4) is 0 Å². The molecule has 21 heavy (non-hydrogen) atoms. The maximum absolute atomic E-state index is 12.3. The lowest BCUT2D eigenvalue weighted by atomic mass is 10.2. The standard InChI is InChI=1S/C15H16BrNO3S/c1-20-11-13-3-2-4-14(9-13)17-21(18,19)15-7-5-12(10-16)6-8-15/h2-9,17H,10-11H2,1H3. The molecule has 0 fully saturated rings. The second-order valence-electron chi connectivity index (χ2n) is 4.52. The van der Waals surface area contributed by atoms with E-state index in [0.717, 1.165) is 11.1 Å². The summed E-state index contributed by atoms with van der Waals surface area (Å²) in [4.78, 5) is 0.240. The second-order valence-corrected chi connectivity index (χ2v) is 6.76. The summed E-state index contributed by atoms with van der Waals surface area (Å²) in [5.74, 6) is 0. The van der Waals surface area contributed by atoms with E-state index in [4.69, 9.17) is 4.74 Å². The summed E-state index contributed by atoms with van der Waals surface area (Å²) in [6.07, 6.45) is 0. The van der Waals surface area contributed by atoms with Crippen molar-refractivity contribution in [3.05, 3.63) is 59.7 Å². The molecule has 0 aromatic heterocycles. The van der Waals surface area contributed by atoms with Gasteiger partial charge >= 0.3 is 0 Å². The van der Waals surface area contributed by atoms with Crippen LogP contribution in [-0.2, 0) is 26.7 Å². The van der Waals surface area contributed by atoms with Crippen LogP contribution in [0.1, 0.15) is 11.1 Å². The molecule has 0 unspecified atom stereocenters. The Bertz CT molecular complexity index is 699. The van der Waals surface area contributed by atoms with Gasteiger partial charge in [-0.2, -0.15) is 0 Å². The molecule has 4 nitrogen and oxygen atoms in total. The molecule has 0 aliphatic carbocycles. The summed E-state index contributed by atoms with van der Waals surface area (Å²) in [5, 5.41) is 0.694. The van der Waals surface area contributed by atoms with Gasteiger partial charge < -0.3 is 4.74 Å². The third-order valence-corrected chi connectivity index (χ3v) is 4.92. The fourth-order valence-electron chi connectivity index (χ4n) is 1.86. The van der Waals surface area contributed by atoms with E-state index in [1.807, 2.05) is 6.07 Å². The van der Waals surface area contributed by atoms with E-state index in [9.17, 15) is 8.42 Å². The quantitative estimate of drug-likeness (QED) is 0.792. The van der Waals surface area contributed by atoms with Crippen LogP contribution in [0.2, 0.25) is 0 Å². The smallest absolute Gasteiger partial charge is 0.261 e. The number of benzene rings is 2. The van der Waals surface area contributed by atoms with Crippen LogP contribution in [0.4, 0.5) is 5.69 Å². The maximum Gasteiger partial charge on any atom is 0.261 e. The maximum atomic E-state index is 12.3. The van der Waals surface area contributed by atoms with Crippen LogP contribution in [0.25, 0.3) is 0 Å². The highest BCUT2D eigenvalue weighted by Gasteiger charge is 2.14. The first-order valence-corrected chi connectivity index (χ1v) is 8.91. The molecule has 2 rings (SSSR count). The number of methoxy groups -OCH3 is 1. The number of hydrogen-bond acceptors (Lipinski definition) is 3. The zero-order valence-corrected chi connectivity index (χ0v) is 13.9. The highest BCUT2D eigenvalue weighted by atomic mass is 79.9. The summed E-state index contributed by atoms with van der Waals surface area (Å²) in [6, 6.07) is 13.9. The summed E-state index contributed by atoms with van der Waals surface area (Å²) < 4.78 is 32.2. The number of alkyl halides is 1. The highest BCUT2D eigenvalue weighted by Crippen LogP contribution is 2.18. The molecule has 0 aliphatic heterocycles. The van der Waals surface area contributed by atoms with Gasteiger partial charge in [-0.3, -0.25) is 4.72 Å². The van der Waals surface area contributed by atoms with Gasteiger partial charge in [-0.25, -0.2) is 8.42 Å². The number of ether oxygens (including phenoxy) is 1. The van der Waals surface area contributed by atoms with Gasteiger partial charge in [0.15, 0.2) is 0 Å². The van der Waals surface area contributed by atoms with Gasteiger partial charge in [-0.15, -0.1) is 0 Å². The van der Waals surface area contributed by atoms with E-state index in [0.29, 0.717) is 17.6 Å². The molecule has 1 N–H and O–H groups in total. The van der Waals surface area contributed by atoms with Crippen LogP contribution in [0.15, 0.2) is 53.4 Å². The van der Waals surface area contributed by atoms with E-state index < -0.39 is 10.0 Å². The molecule has 0 aliphatic rings. The zero-order chi connectivity index (χ0) is 15.3. The Labute approximate surface area is 133 Å². The molecule has 0 saturated carbocycles. The van der Waals surface area contributed by atoms with Gasteiger partial charge in [-0.1, -0.05) is 40.2 Å². The normalized spacial score (nSPS) is 11.3. The Morgan fingerprint density at radius 3 is 2.43 bits per heavy atom. The highest BCUT2D eigenvalue weighted by molar-refractivity contribution is 9.08. The van der Waals surface area contributed by atoms with Crippen LogP contribution >= 0.6 is 15.9 Å². The third kappa shape index (κ3) is 4.30. The van der Waals surface area contributed by atoms with Crippen molar-refractivity contribution in [1.29, 1.82) is 0 Å². The predicted octanol–water partition coefficient (Wildman–Crippen LogP) is 3.53. The Morgan fingerprint density at radius 1 is 1.10 bits per heavy atom. The van der Waals surface area contributed by atoms with E-state index in [1.165, 1.54) is 0 Å². The van der Waals surface area contributed by atoms with Crippen LogP contribution in [0, 0.1) is 0 Å². The van der Waals surface area contributed by atoms with Gasteiger partial charge in [0, 0.05) is 18.1 Å². The Hall–Kier alpha value is -1.37. The van der Waals surface area contributed by atoms with Crippen molar-refractivity contribution in [3.63, 3.8) is 0 Å².